The fraction of sp³-hybridized carbons (Fsp3) is 0.533. The summed E-state index contributed by atoms with van der Waals surface area (Å²) in [6, 6.07) is 8.24. The van der Waals surface area contributed by atoms with Crippen molar-refractivity contribution < 1.29 is 9.47 Å². The maximum absolute atomic E-state index is 8.81. The second-order valence-electron chi connectivity index (χ2n) is 5.23. The van der Waals surface area contributed by atoms with Crippen LogP contribution in [0, 0.1) is 17.2 Å². The molecule has 0 radical (unpaired) electrons. The molecule has 2 aliphatic heterocycles. The Kier molecular flexibility index (Phi) is 3.31. The summed E-state index contributed by atoms with van der Waals surface area (Å²) in [5.74, 6) is 2.86. The maximum Gasteiger partial charge on any atom is 0.126 e. The average molecular weight is 258 g/mol. The molecule has 2 atom stereocenters. The van der Waals surface area contributed by atoms with Crippen LogP contribution in [0.1, 0.15) is 17.9 Å². The van der Waals surface area contributed by atoms with Crippen LogP contribution >= 0.6 is 0 Å². The molecular formula is C15H18N2O2. The fourth-order valence-corrected chi connectivity index (χ4v) is 3.29. The van der Waals surface area contributed by atoms with Gasteiger partial charge in [0.1, 0.15) is 11.5 Å². The van der Waals surface area contributed by atoms with Gasteiger partial charge in [0.2, 0.25) is 0 Å². The molecule has 0 amide bonds. The van der Waals surface area contributed by atoms with Crippen LogP contribution in [0.2, 0.25) is 0 Å². The zero-order valence-corrected chi connectivity index (χ0v) is 11.1. The third kappa shape index (κ3) is 2.15. The molecule has 1 aromatic carbocycles. The van der Waals surface area contributed by atoms with Crippen molar-refractivity contribution in [1.29, 1.82) is 5.26 Å². The molecule has 4 nitrogen and oxygen atoms in total. The Hall–Kier alpha value is -1.73. The van der Waals surface area contributed by atoms with Gasteiger partial charge in [-0.15, -0.1) is 0 Å². The number of methoxy groups -OCH3 is 1. The molecule has 1 aromatic rings. The first-order valence-electron chi connectivity index (χ1n) is 6.72. The molecule has 0 spiro atoms. The quantitative estimate of drug-likeness (QED) is 0.761. The van der Waals surface area contributed by atoms with Crippen molar-refractivity contribution in [3.05, 3.63) is 23.8 Å². The molecule has 2 heterocycles. The summed E-state index contributed by atoms with van der Waals surface area (Å²) in [5.41, 5.74) is 1.22. The molecule has 0 aliphatic carbocycles. The van der Waals surface area contributed by atoms with Crippen molar-refractivity contribution in [2.45, 2.75) is 12.3 Å². The second-order valence-corrected chi connectivity index (χ2v) is 5.23. The van der Waals surface area contributed by atoms with Gasteiger partial charge in [0.25, 0.3) is 0 Å². The number of nitriles is 1. The second kappa shape index (κ2) is 5.10. The Morgan fingerprint density at radius 1 is 1.53 bits per heavy atom. The molecule has 3 rings (SSSR count). The fourth-order valence-electron chi connectivity index (χ4n) is 3.29. The largest absolute Gasteiger partial charge is 0.496 e. The van der Waals surface area contributed by atoms with Crippen LogP contribution in [0.5, 0.6) is 11.5 Å². The number of ether oxygens (including phenoxy) is 2. The molecule has 19 heavy (non-hydrogen) atoms. The lowest BCUT2D eigenvalue weighted by Gasteiger charge is -2.41. The zero-order valence-electron chi connectivity index (χ0n) is 11.1. The summed E-state index contributed by atoms with van der Waals surface area (Å²) in [5, 5.41) is 8.81. The summed E-state index contributed by atoms with van der Waals surface area (Å²) >= 11 is 0. The highest BCUT2D eigenvalue weighted by molar-refractivity contribution is 5.49. The molecule has 4 heteroatoms. The predicted octanol–water partition coefficient (Wildman–Crippen LogP) is 2.02. The molecule has 1 saturated heterocycles. The lowest BCUT2D eigenvalue weighted by Crippen LogP contribution is -2.43. The highest BCUT2D eigenvalue weighted by Gasteiger charge is 2.37. The van der Waals surface area contributed by atoms with Gasteiger partial charge in [-0.3, -0.25) is 4.90 Å². The summed E-state index contributed by atoms with van der Waals surface area (Å²) in [6.45, 7) is 3.18. The van der Waals surface area contributed by atoms with Gasteiger partial charge in [-0.2, -0.15) is 5.26 Å². The number of likely N-dealkylation sites (tertiary alicyclic amines) is 1. The third-order valence-corrected chi connectivity index (χ3v) is 4.18. The van der Waals surface area contributed by atoms with Crippen molar-refractivity contribution >= 4 is 0 Å². The van der Waals surface area contributed by atoms with E-state index < -0.39 is 0 Å². The topological polar surface area (TPSA) is 45.5 Å². The van der Waals surface area contributed by atoms with Gasteiger partial charge < -0.3 is 9.47 Å². The lowest BCUT2D eigenvalue weighted by molar-refractivity contribution is 0.0994. The molecular weight excluding hydrogens is 240 g/mol. The molecule has 1 fully saturated rings. The van der Waals surface area contributed by atoms with Gasteiger partial charge in [0.05, 0.1) is 26.3 Å². The average Bonchev–Trinajstić information content (AvgIpc) is 2.46. The third-order valence-electron chi connectivity index (χ3n) is 4.18. The smallest absolute Gasteiger partial charge is 0.126 e. The van der Waals surface area contributed by atoms with Crippen LogP contribution in [0.15, 0.2) is 18.2 Å². The van der Waals surface area contributed by atoms with Crippen LogP contribution in [-0.4, -0.2) is 38.3 Å². The van der Waals surface area contributed by atoms with Gasteiger partial charge in [-0.25, -0.2) is 0 Å². The van der Waals surface area contributed by atoms with E-state index in [0.717, 1.165) is 37.6 Å². The van der Waals surface area contributed by atoms with E-state index in [0.29, 0.717) is 18.4 Å². The van der Waals surface area contributed by atoms with E-state index in [1.54, 1.807) is 7.11 Å². The van der Waals surface area contributed by atoms with E-state index in [2.05, 4.69) is 11.0 Å². The van der Waals surface area contributed by atoms with E-state index in [1.165, 1.54) is 5.56 Å². The first-order valence-corrected chi connectivity index (χ1v) is 6.72. The van der Waals surface area contributed by atoms with Gasteiger partial charge >= 0.3 is 0 Å². The van der Waals surface area contributed by atoms with Crippen molar-refractivity contribution in [1.82, 2.24) is 4.90 Å². The SMILES string of the molecule is COc1cccc2c1[C@H]1CCN(CC#N)C[C@@H]1CO2. The number of hydrogen-bond donors (Lipinski definition) is 0. The van der Waals surface area contributed by atoms with Crippen LogP contribution in [0.25, 0.3) is 0 Å². The Morgan fingerprint density at radius 3 is 3.21 bits per heavy atom. The van der Waals surface area contributed by atoms with Crippen molar-refractivity contribution in [3.63, 3.8) is 0 Å². The van der Waals surface area contributed by atoms with Crippen molar-refractivity contribution in [2.24, 2.45) is 5.92 Å². The van der Waals surface area contributed by atoms with E-state index in [9.17, 15) is 0 Å². The molecule has 0 saturated carbocycles. The molecule has 0 bridgehead atoms. The Balaban J connectivity index is 1.88. The predicted molar refractivity (Wildman–Crippen MR) is 71.4 cm³/mol. The summed E-state index contributed by atoms with van der Waals surface area (Å²) in [4.78, 5) is 2.21. The number of benzene rings is 1. The van der Waals surface area contributed by atoms with Crippen LogP contribution in [0.4, 0.5) is 0 Å². The number of hydrogen-bond acceptors (Lipinski definition) is 4. The molecule has 2 aliphatic rings. The first kappa shape index (κ1) is 12.3. The maximum atomic E-state index is 8.81. The number of piperidine rings is 1. The summed E-state index contributed by atoms with van der Waals surface area (Å²) < 4.78 is 11.4. The van der Waals surface area contributed by atoms with Crippen LogP contribution < -0.4 is 9.47 Å². The van der Waals surface area contributed by atoms with E-state index >= 15 is 0 Å². The Bertz CT molecular complexity index is 495. The standard InChI is InChI=1S/C15H18N2O2/c1-18-13-3-2-4-14-15(13)12-5-7-17(8-6-16)9-11(12)10-19-14/h2-4,11-12H,5,7-10H2,1H3/t11-,12+/m1/s1. The minimum absolute atomic E-state index is 0.464. The monoisotopic (exact) mass is 258 g/mol. The van der Waals surface area contributed by atoms with Crippen LogP contribution in [0.3, 0.4) is 0 Å². The van der Waals surface area contributed by atoms with E-state index in [-0.39, 0.29) is 0 Å². The Labute approximate surface area is 113 Å². The van der Waals surface area contributed by atoms with E-state index in [4.69, 9.17) is 14.7 Å². The number of nitrogens with zero attached hydrogens (tertiary/aromatic N) is 2. The lowest BCUT2D eigenvalue weighted by atomic mass is 9.78. The minimum atomic E-state index is 0.464. The van der Waals surface area contributed by atoms with Gasteiger partial charge in [-0.1, -0.05) is 6.07 Å². The first-order chi connectivity index (χ1) is 9.33. The van der Waals surface area contributed by atoms with Gasteiger partial charge in [0.15, 0.2) is 0 Å². The van der Waals surface area contributed by atoms with Crippen molar-refractivity contribution in [2.75, 3.05) is 33.4 Å². The highest BCUT2D eigenvalue weighted by atomic mass is 16.5. The minimum Gasteiger partial charge on any atom is -0.496 e. The Morgan fingerprint density at radius 2 is 2.42 bits per heavy atom. The number of rotatable bonds is 2. The summed E-state index contributed by atoms with van der Waals surface area (Å²) in [6.07, 6.45) is 1.07. The zero-order chi connectivity index (χ0) is 13.2. The van der Waals surface area contributed by atoms with E-state index in [1.807, 2.05) is 18.2 Å². The number of fused-ring (bicyclic) bond motifs is 3. The molecule has 100 valence electrons. The highest BCUT2D eigenvalue weighted by Crippen LogP contribution is 2.46. The molecule has 0 N–H and O–H groups in total. The van der Waals surface area contributed by atoms with Crippen molar-refractivity contribution in [3.8, 4) is 17.6 Å². The summed E-state index contributed by atoms with van der Waals surface area (Å²) in [7, 11) is 1.71. The van der Waals surface area contributed by atoms with Gasteiger partial charge in [0, 0.05) is 18.0 Å². The van der Waals surface area contributed by atoms with Crippen LogP contribution in [-0.2, 0) is 0 Å². The molecule has 0 unspecified atom stereocenters. The molecule has 0 aromatic heterocycles. The van der Waals surface area contributed by atoms with Gasteiger partial charge in [-0.05, 0) is 31.0 Å². The normalized spacial score (nSPS) is 25.7.